The Morgan fingerprint density at radius 3 is 2.56 bits per heavy atom. The zero-order valence-corrected chi connectivity index (χ0v) is 10.4. The Morgan fingerprint density at radius 1 is 1.44 bits per heavy atom. The molecule has 0 aromatic heterocycles. The Balaban J connectivity index is 2.46. The third kappa shape index (κ3) is 4.24. The largest absolute Gasteiger partial charge is 0.389 e. The number of carbonyl (C=O) groups excluding carboxylic acids is 1. The van der Waals surface area contributed by atoms with E-state index in [0.29, 0.717) is 12.3 Å². The molecular formula is C12H17NO2S. The van der Waals surface area contributed by atoms with E-state index < -0.39 is 6.10 Å². The first kappa shape index (κ1) is 13.1. The van der Waals surface area contributed by atoms with Crippen LogP contribution in [0.2, 0.25) is 0 Å². The predicted octanol–water partition coefficient (Wildman–Crippen LogP) is 1.97. The van der Waals surface area contributed by atoms with Crippen molar-refractivity contribution in [1.29, 1.82) is 0 Å². The molecule has 1 atom stereocenters. The van der Waals surface area contributed by atoms with Crippen molar-refractivity contribution in [3.8, 4) is 0 Å². The molecule has 1 unspecified atom stereocenters. The zero-order chi connectivity index (χ0) is 12.0. The molecule has 0 fully saturated rings. The number of thioether (sulfide) groups is 1. The van der Waals surface area contributed by atoms with E-state index >= 15 is 0 Å². The molecule has 0 heterocycles. The Bertz CT molecular complexity index is 335. The molecule has 0 aliphatic carbocycles. The van der Waals surface area contributed by atoms with Crippen LogP contribution in [0.4, 0.5) is 0 Å². The van der Waals surface area contributed by atoms with Gasteiger partial charge in [-0.05, 0) is 31.5 Å². The Labute approximate surface area is 100 Å². The van der Waals surface area contributed by atoms with Crippen molar-refractivity contribution in [2.45, 2.75) is 24.8 Å². The van der Waals surface area contributed by atoms with E-state index in [9.17, 15) is 9.90 Å². The summed E-state index contributed by atoms with van der Waals surface area (Å²) in [5.41, 5.74) is 0.891. The molecular weight excluding hydrogens is 222 g/mol. The van der Waals surface area contributed by atoms with Gasteiger partial charge in [-0.2, -0.15) is 0 Å². The number of aliphatic hydroxyl groups is 1. The maximum absolute atomic E-state index is 11.2. The van der Waals surface area contributed by atoms with Crippen LogP contribution in [0.25, 0.3) is 0 Å². The third-order valence-electron chi connectivity index (χ3n) is 2.11. The first-order valence-electron chi connectivity index (χ1n) is 5.31. The van der Waals surface area contributed by atoms with Crippen molar-refractivity contribution in [3.63, 3.8) is 0 Å². The molecule has 1 rings (SSSR count). The SMILES string of the molecule is CCNC(=O)CSc1ccc(C(C)O)cc1. The minimum atomic E-state index is -0.442. The Kier molecular flexibility index (Phi) is 5.35. The number of amides is 1. The van der Waals surface area contributed by atoms with Gasteiger partial charge in [-0.3, -0.25) is 4.79 Å². The standard InChI is InChI=1S/C12H17NO2S/c1-3-13-12(15)8-16-11-6-4-10(5-7-11)9(2)14/h4-7,9,14H,3,8H2,1-2H3,(H,13,15). The van der Waals surface area contributed by atoms with Gasteiger partial charge in [0.25, 0.3) is 0 Å². The lowest BCUT2D eigenvalue weighted by atomic mass is 10.1. The number of rotatable bonds is 5. The average Bonchev–Trinajstić information content (AvgIpc) is 2.27. The van der Waals surface area contributed by atoms with E-state index in [1.807, 2.05) is 31.2 Å². The van der Waals surface area contributed by atoms with Gasteiger partial charge in [0.05, 0.1) is 11.9 Å². The van der Waals surface area contributed by atoms with Gasteiger partial charge < -0.3 is 10.4 Å². The number of nitrogens with one attached hydrogen (secondary N) is 1. The smallest absolute Gasteiger partial charge is 0.230 e. The minimum Gasteiger partial charge on any atom is -0.389 e. The maximum atomic E-state index is 11.2. The molecule has 0 bridgehead atoms. The number of benzene rings is 1. The Morgan fingerprint density at radius 2 is 2.06 bits per heavy atom. The van der Waals surface area contributed by atoms with Crippen molar-refractivity contribution >= 4 is 17.7 Å². The molecule has 0 aliphatic heterocycles. The molecule has 3 nitrogen and oxygen atoms in total. The maximum Gasteiger partial charge on any atom is 0.230 e. The van der Waals surface area contributed by atoms with Gasteiger partial charge in [-0.1, -0.05) is 12.1 Å². The van der Waals surface area contributed by atoms with Crippen molar-refractivity contribution in [2.75, 3.05) is 12.3 Å². The van der Waals surface area contributed by atoms with Crippen molar-refractivity contribution in [2.24, 2.45) is 0 Å². The second-order valence-electron chi connectivity index (χ2n) is 3.49. The van der Waals surface area contributed by atoms with Crippen LogP contribution in [0.5, 0.6) is 0 Å². The topological polar surface area (TPSA) is 49.3 Å². The molecule has 0 saturated carbocycles. The van der Waals surface area contributed by atoms with Gasteiger partial charge >= 0.3 is 0 Å². The first-order valence-corrected chi connectivity index (χ1v) is 6.29. The van der Waals surface area contributed by atoms with Crippen LogP contribution in [0.1, 0.15) is 25.5 Å². The van der Waals surface area contributed by atoms with Crippen LogP contribution in [0.15, 0.2) is 29.2 Å². The molecule has 0 spiro atoms. The zero-order valence-electron chi connectivity index (χ0n) is 9.56. The minimum absolute atomic E-state index is 0.0482. The highest BCUT2D eigenvalue weighted by molar-refractivity contribution is 8.00. The van der Waals surface area contributed by atoms with Crippen LogP contribution in [0, 0.1) is 0 Å². The van der Waals surface area contributed by atoms with Crippen LogP contribution in [-0.4, -0.2) is 23.3 Å². The van der Waals surface area contributed by atoms with Crippen LogP contribution in [0.3, 0.4) is 0 Å². The van der Waals surface area contributed by atoms with Crippen LogP contribution >= 0.6 is 11.8 Å². The van der Waals surface area contributed by atoms with Gasteiger partial charge in [-0.15, -0.1) is 11.8 Å². The molecule has 16 heavy (non-hydrogen) atoms. The van der Waals surface area contributed by atoms with E-state index in [1.54, 1.807) is 6.92 Å². The molecule has 1 amide bonds. The van der Waals surface area contributed by atoms with E-state index in [0.717, 1.165) is 10.5 Å². The molecule has 0 radical (unpaired) electrons. The summed E-state index contributed by atoms with van der Waals surface area (Å²) in [4.78, 5) is 12.3. The third-order valence-corrected chi connectivity index (χ3v) is 3.12. The lowest BCUT2D eigenvalue weighted by molar-refractivity contribution is -0.118. The summed E-state index contributed by atoms with van der Waals surface area (Å²) >= 11 is 1.50. The number of hydrogen-bond donors (Lipinski definition) is 2. The fraction of sp³-hybridized carbons (Fsp3) is 0.417. The van der Waals surface area contributed by atoms with Crippen molar-refractivity contribution in [1.82, 2.24) is 5.32 Å². The number of hydrogen-bond acceptors (Lipinski definition) is 3. The van der Waals surface area contributed by atoms with E-state index in [-0.39, 0.29) is 5.91 Å². The lowest BCUT2D eigenvalue weighted by Crippen LogP contribution is -2.24. The van der Waals surface area contributed by atoms with Crippen molar-refractivity contribution < 1.29 is 9.90 Å². The fourth-order valence-electron chi connectivity index (χ4n) is 1.24. The second kappa shape index (κ2) is 6.55. The summed E-state index contributed by atoms with van der Waals surface area (Å²) in [5.74, 6) is 0.481. The monoisotopic (exact) mass is 239 g/mol. The molecule has 0 saturated heterocycles. The summed E-state index contributed by atoms with van der Waals surface area (Å²) < 4.78 is 0. The van der Waals surface area contributed by atoms with Crippen molar-refractivity contribution in [3.05, 3.63) is 29.8 Å². The molecule has 88 valence electrons. The molecule has 0 aliphatic rings. The van der Waals surface area contributed by atoms with E-state index in [2.05, 4.69) is 5.32 Å². The number of aliphatic hydroxyl groups excluding tert-OH is 1. The normalized spacial score (nSPS) is 12.2. The molecule has 2 N–H and O–H groups in total. The summed E-state index contributed by atoms with van der Waals surface area (Å²) in [7, 11) is 0. The highest BCUT2D eigenvalue weighted by Gasteiger charge is 2.03. The molecule has 1 aromatic rings. The van der Waals surface area contributed by atoms with E-state index in [4.69, 9.17) is 0 Å². The van der Waals surface area contributed by atoms with Gasteiger partial charge in [0.1, 0.15) is 0 Å². The average molecular weight is 239 g/mol. The molecule has 4 heteroatoms. The summed E-state index contributed by atoms with van der Waals surface area (Å²) in [5, 5.41) is 12.1. The van der Waals surface area contributed by atoms with Gasteiger partial charge in [0, 0.05) is 11.4 Å². The highest BCUT2D eigenvalue weighted by Crippen LogP contribution is 2.20. The summed E-state index contributed by atoms with van der Waals surface area (Å²) in [6.07, 6.45) is -0.442. The lowest BCUT2D eigenvalue weighted by Gasteiger charge is -2.06. The van der Waals surface area contributed by atoms with Gasteiger partial charge in [0.2, 0.25) is 5.91 Å². The van der Waals surface area contributed by atoms with Gasteiger partial charge in [0.15, 0.2) is 0 Å². The predicted molar refractivity (Wildman–Crippen MR) is 66.5 cm³/mol. The highest BCUT2D eigenvalue weighted by atomic mass is 32.2. The fourth-order valence-corrected chi connectivity index (χ4v) is 1.97. The number of carbonyl (C=O) groups is 1. The van der Waals surface area contributed by atoms with E-state index in [1.165, 1.54) is 11.8 Å². The molecule has 1 aromatic carbocycles. The first-order chi connectivity index (χ1) is 7.63. The Hall–Kier alpha value is -1.00. The summed E-state index contributed by atoms with van der Waals surface area (Å²) in [6.45, 7) is 4.30. The summed E-state index contributed by atoms with van der Waals surface area (Å²) in [6, 6.07) is 7.60. The van der Waals surface area contributed by atoms with Crippen LogP contribution in [-0.2, 0) is 4.79 Å². The van der Waals surface area contributed by atoms with Gasteiger partial charge in [-0.25, -0.2) is 0 Å². The second-order valence-corrected chi connectivity index (χ2v) is 4.54. The quantitative estimate of drug-likeness (QED) is 0.772. The van der Waals surface area contributed by atoms with Crippen LogP contribution < -0.4 is 5.32 Å².